The van der Waals surface area contributed by atoms with Gasteiger partial charge in [-0.05, 0) is 30.5 Å². The molecule has 0 aliphatic heterocycles. The summed E-state index contributed by atoms with van der Waals surface area (Å²) in [5, 5.41) is 1.21. The molecular formula is C16H20Cl2O. The molecule has 0 bridgehead atoms. The predicted octanol–water partition coefficient (Wildman–Crippen LogP) is 5.37. The number of halogens is 2. The van der Waals surface area contributed by atoms with Crippen LogP contribution in [0.15, 0.2) is 12.1 Å². The Morgan fingerprint density at radius 3 is 2.63 bits per heavy atom. The molecule has 1 rings (SSSR count). The van der Waals surface area contributed by atoms with Crippen LogP contribution in [-0.4, -0.2) is 6.61 Å². The van der Waals surface area contributed by atoms with Crippen molar-refractivity contribution in [1.82, 2.24) is 0 Å². The van der Waals surface area contributed by atoms with Crippen LogP contribution in [0.1, 0.15) is 39.2 Å². The Balaban J connectivity index is 2.96. The van der Waals surface area contributed by atoms with Gasteiger partial charge in [-0.15, -0.1) is 5.92 Å². The van der Waals surface area contributed by atoms with Gasteiger partial charge in [-0.1, -0.05) is 49.9 Å². The average Bonchev–Trinajstić information content (AvgIpc) is 2.35. The molecule has 0 aliphatic carbocycles. The van der Waals surface area contributed by atoms with Crippen molar-refractivity contribution in [3.05, 3.63) is 27.7 Å². The highest BCUT2D eigenvalue weighted by Gasteiger charge is 2.12. The molecule has 0 spiro atoms. The molecule has 0 saturated carbocycles. The van der Waals surface area contributed by atoms with E-state index in [0.29, 0.717) is 16.7 Å². The Kier molecular flexibility index (Phi) is 7.13. The van der Waals surface area contributed by atoms with Crippen molar-refractivity contribution in [3.63, 3.8) is 0 Å². The number of benzene rings is 1. The first-order chi connectivity index (χ1) is 9.08. The zero-order valence-electron chi connectivity index (χ0n) is 11.7. The summed E-state index contributed by atoms with van der Waals surface area (Å²) in [6.45, 7) is 6.87. The molecule has 0 aromatic heterocycles. The predicted molar refractivity (Wildman–Crippen MR) is 83.2 cm³/mol. The Morgan fingerprint density at radius 1 is 1.26 bits per heavy atom. The van der Waals surface area contributed by atoms with Gasteiger partial charge in [-0.3, -0.25) is 0 Å². The molecule has 0 N–H and O–H groups in total. The Labute approximate surface area is 126 Å². The van der Waals surface area contributed by atoms with Crippen LogP contribution >= 0.6 is 23.2 Å². The van der Waals surface area contributed by atoms with E-state index in [1.165, 1.54) is 0 Å². The molecule has 0 aliphatic rings. The van der Waals surface area contributed by atoms with Crippen LogP contribution < -0.4 is 4.74 Å². The van der Waals surface area contributed by atoms with Crippen LogP contribution in [0.5, 0.6) is 5.75 Å². The summed E-state index contributed by atoms with van der Waals surface area (Å²) in [5.74, 6) is 7.33. The van der Waals surface area contributed by atoms with Crippen molar-refractivity contribution < 1.29 is 4.74 Å². The van der Waals surface area contributed by atoms with Gasteiger partial charge < -0.3 is 4.74 Å². The first kappa shape index (κ1) is 16.2. The fourth-order valence-electron chi connectivity index (χ4n) is 1.79. The first-order valence-electron chi connectivity index (χ1n) is 6.67. The molecular weight excluding hydrogens is 279 g/mol. The molecule has 3 heteroatoms. The van der Waals surface area contributed by atoms with Crippen molar-refractivity contribution in [2.45, 2.75) is 40.0 Å². The summed E-state index contributed by atoms with van der Waals surface area (Å²) in [7, 11) is 0. The highest BCUT2D eigenvalue weighted by Crippen LogP contribution is 2.34. The molecule has 0 saturated heterocycles. The minimum atomic E-state index is 0.262. The Bertz CT molecular complexity index is 472. The highest BCUT2D eigenvalue weighted by molar-refractivity contribution is 6.35. The van der Waals surface area contributed by atoms with Gasteiger partial charge in [0.15, 0.2) is 0 Å². The SMILES string of the molecule is CCC#CC(C)Cc1cc(Cl)cc(Cl)c1OCCC. The maximum absolute atomic E-state index is 6.21. The average molecular weight is 299 g/mol. The third-order valence-electron chi connectivity index (χ3n) is 2.59. The quantitative estimate of drug-likeness (QED) is 0.664. The monoisotopic (exact) mass is 298 g/mol. The molecule has 1 atom stereocenters. The van der Waals surface area contributed by atoms with Crippen LogP contribution in [0.4, 0.5) is 0 Å². The third kappa shape index (κ3) is 5.35. The fraction of sp³-hybridized carbons (Fsp3) is 0.500. The first-order valence-corrected chi connectivity index (χ1v) is 7.43. The van der Waals surface area contributed by atoms with Crippen LogP contribution in [0.3, 0.4) is 0 Å². The smallest absolute Gasteiger partial charge is 0.141 e. The maximum Gasteiger partial charge on any atom is 0.141 e. The van der Waals surface area contributed by atoms with Crippen molar-refractivity contribution in [2.24, 2.45) is 5.92 Å². The lowest BCUT2D eigenvalue weighted by molar-refractivity contribution is 0.313. The second kappa shape index (κ2) is 8.35. The molecule has 0 amide bonds. The summed E-state index contributed by atoms with van der Waals surface area (Å²) in [6.07, 6.45) is 2.62. The van der Waals surface area contributed by atoms with Gasteiger partial charge in [0.1, 0.15) is 5.75 Å². The number of hydrogen-bond donors (Lipinski definition) is 0. The minimum absolute atomic E-state index is 0.262. The number of hydrogen-bond acceptors (Lipinski definition) is 1. The van der Waals surface area contributed by atoms with E-state index in [1.54, 1.807) is 6.07 Å². The van der Waals surface area contributed by atoms with Gasteiger partial charge in [0.25, 0.3) is 0 Å². The van der Waals surface area contributed by atoms with E-state index in [1.807, 2.05) is 13.0 Å². The third-order valence-corrected chi connectivity index (χ3v) is 3.09. The molecule has 1 unspecified atom stereocenters. The lowest BCUT2D eigenvalue weighted by Crippen LogP contribution is -2.03. The topological polar surface area (TPSA) is 9.23 Å². The summed E-state index contributed by atoms with van der Waals surface area (Å²) < 4.78 is 5.74. The Morgan fingerprint density at radius 2 is 2.00 bits per heavy atom. The van der Waals surface area contributed by atoms with E-state index in [2.05, 4.69) is 25.7 Å². The zero-order chi connectivity index (χ0) is 14.3. The lowest BCUT2D eigenvalue weighted by atomic mass is 10.0. The lowest BCUT2D eigenvalue weighted by Gasteiger charge is -2.14. The van der Waals surface area contributed by atoms with E-state index < -0.39 is 0 Å². The van der Waals surface area contributed by atoms with Crippen LogP contribution in [0, 0.1) is 17.8 Å². The molecule has 1 aromatic rings. The van der Waals surface area contributed by atoms with E-state index >= 15 is 0 Å². The number of ether oxygens (including phenoxy) is 1. The molecule has 0 fully saturated rings. The van der Waals surface area contributed by atoms with Gasteiger partial charge in [-0.2, -0.15) is 0 Å². The molecule has 104 valence electrons. The molecule has 1 nitrogen and oxygen atoms in total. The highest BCUT2D eigenvalue weighted by atomic mass is 35.5. The van der Waals surface area contributed by atoms with Crippen molar-refractivity contribution in [2.75, 3.05) is 6.61 Å². The second-order valence-corrected chi connectivity index (χ2v) is 5.35. The number of rotatable bonds is 5. The second-order valence-electron chi connectivity index (χ2n) is 4.50. The summed E-state index contributed by atoms with van der Waals surface area (Å²) >= 11 is 12.3. The van der Waals surface area contributed by atoms with Crippen LogP contribution in [0.2, 0.25) is 10.0 Å². The van der Waals surface area contributed by atoms with E-state index in [-0.39, 0.29) is 5.92 Å². The summed E-state index contributed by atoms with van der Waals surface area (Å²) in [5.41, 5.74) is 1.03. The van der Waals surface area contributed by atoms with Gasteiger partial charge in [-0.25, -0.2) is 0 Å². The van der Waals surface area contributed by atoms with Crippen molar-refractivity contribution >= 4 is 23.2 Å². The summed E-state index contributed by atoms with van der Waals surface area (Å²) in [4.78, 5) is 0. The molecule has 19 heavy (non-hydrogen) atoms. The van der Waals surface area contributed by atoms with Gasteiger partial charge in [0.05, 0.1) is 11.6 Å². The maximum atomic E-state index is 6.21. The molecule has 0 heterocycles. The fourth-order valence-corrected chi connectivity index (χ4v) is 2.38. The van der Waals surface area contributed by atoms with E-state index in [0.717, 1.165) is 30.6 Å². The standard InChI is InChI=1S/C16H20Cl2O/c1-4-6-7-12(3)9-13-10-14(17)11-15(18)16(13)19-8-5-2/h10-12H,4-5,8-9H2,1-3H3. The largest absolute Gasteiger partial charge is 0.492 e. The van der Waals surface area contributed by atoms with Crippen LogP contribution in [0.25, 0.3) is 0 Å². The zero-order valence-corrected chi connectivity index (χ0v) is 13.2. The Hall–Kier alpha value is -0.840. The normalized spacial score (nSPS) is 11.6. The van der Waals surface area contributed by atoms with Gasteiger partial charge in [0, 0.05) is 17.4 Å². The van der Waals surface area contributed by atoms with E-state index in [9.17, 15) is 0 Å². The van der Waals surface area contributed by atoms with Crippen molar-refractivity contribution in [3.8, 4) is 17.6 Å². The van der Waals surface area contributed by atoms with Gasteiger partial charge in [0.2, 0.25) is 0 Å². The molecule has 1 aromatic carbocycles. The minimum Gasteiger partial charge on any atom is -0.492 e. The van der Waals surface area contributed by atoms with E-state index in [4.69, 9.17) is 27.9 Å². The molecule has 0 radical (unpaired) electrons. The van der Waals surface area contributed by atoms with Crippen LogP contribution in [-0.2, 0) is 6.42 Å². The van der Waals surface area contributed by atoms with Crippen molar-refractivity contribution in [1.29, 1.82) is 0 Å². The van der Waals surface area contributed by atoms with Gasteiger partial charge >= 0.3 is 0 Å². The summed E-state index contributed by atoms with van der Waals surface area (Å²) in [6, 6.07) is 3.64.